The standard InChI is InChI=1S/C83H139NO13/c1-3-5-7-9-11-13-15-17-19-21-23-25-27-29-31-32-33-34-35-36-37-38-39-40-41-43-45-47-49-51-53-55-57-59-61-63-65-67-75(88)84-71(70-94-82-80(93)78(91)81(74(69-86)96-82)97-83-79(92)77(90)76(89)73(68-85)95-83)72(87)66-64-62-60-58-56-54-52-50-48-46-44-42-30-28-26-24-22-20-18-16-14-12-10-8-6-4-2/h5,7,11,13,17,19,23,25,29,31,33-34,36-37,39-40,43,45,48,50,56,58,64,66,71-74,76-83,85-87,89-93H,3-4,6,8-10,12,14-16,18,20-22,24,26-28,30,32,35,38,41-42,44,46-47,49,51-55,57,59-63,65,67-70H2,1-2H3,(H,84,88)/b7-5-,13-11-,19-17-,25-23-,31-29-,34-33-,37-36-,40-39-,45-43-,50-48+,58-56+,66-64+. The fraction of sp³-hybridized carbons (Fsp3) is 0.699. The summed E-state index contributed by atoms with van der Waals surface area (Å²) in [6.45, 7) is 2.67. The summed E-state index contributed by atoms with van der Waals surface area (Å²) in [5.74, 6) is -0.264. The first-order chi connectivity index (χ1) is 47.6. The molecule has 12 unspecified atom stereocenters. The minimum absolute atomic E-state index is 0.253. The molecular weight excluding hydrogens is 1220 g/mol. The lowest BCUT2D eigenvalue weighted by Gasteiger charge is -2.46. The van der Waals surface area contributed by atoms with Crippen LogP contribution in [0.4, 0.5) is 0 Å². The van der Waals surface area contributed by atoms with Crippen molar-refractivity contribution in [1.82, 2.24) is 5.32 Å². The summed E-state index contributed by atoms with van der Waals surface area (Å²) in [6.07, 6.45) is 81.9. The predicted octanol–water partition coefficient (Wildman–Crippen LogP) is 17.2. The Bertz CT molecular complexity index is 2190. The highest BCUT2D eigenvalue weighted by atomic mass is 16.7. The van der Waals surface area contributed by atoms with Crippen LogP contribution < -0.4 is 5.32 Å². The van der Waals surface area contributed by atoms with Crippen LogP contribution in [0.1, 0.15) is 277 Å². The van der Waals surface area contributed by atoms with Gasteiger partial charge in [0, 0.05) is 6.42 Å². The van der Waals surface area contributed by atoms with E-state index in [1.807, 2.05) is 6.08 Å². The zero-order valence-electron chi connectivity index (χ0n) is 60.5. The van der Waals surface area contributed by atoms with Gasteiger partial charge in [-0.05, 0) is 116 Å². The summed E-state index contributed by atoms with van der Waals surface area (Å²) < 4.78 is 22.9. The molecule has 0 aromatic rings. The van der Waals surface area contributed by atoms with Crippen LogP contribution in [-0.4, -0.2) is 140 Å². The van der Waals surface area contributed by atoms with Crippen LogP contribution in [0.2, 0.25) is 0 Å². The molecule has 2 saturated heterocycles. The molecule has 0 spiro atoms. The monoisotopic (exact) mass is 1360 g/mol. The smallest absolute Gasteiger partial charge is 0.220 e. The SMILES string of the molecule is CC/C=C\C/C=C\C/C=C\C/C=C\C/C=C\C/C=C\C/C=C\C/C=C\C/C=C\CCCCCCCCCCCC(=O)NC(COC1OC(CO)C(OC2OC(CO)C(O)C(O)C2O)C(O)C1O)C(O)/C=C/CC/C=C/CC/C=C/CCCCCCCCCCCCCCCCCC. The number of hydrogen-bond donors (Lipinski definition) is 9. The largest absolute Gasteiger partial charge is 0.394 e. The molecular formula is C83H139NO13. The van der Waals surface area contributed by atoms with Gasteiger partial charge in [0.1, 0.15) is 48.8 Å². The fourth-order valence-corrected chi connectivity index (χ4v) is 11.7. The summed E-state index contributed by atoms with van der Waals surface area (Å²) in [5, 5.41) is 87.6. The van der Waals surface area contributed by atoms with Crippen molar-refractivity contribution in [3.8, 4) is 0 Å². The molecule has 554 valence electrons. The Kier molecular flexibility index (Phi) is 59.8. The number of allylic oxidation sites excluding steroid dienone is 23. The maximum Gasteiger partial charge on any atom is 0.220 e. The topological polar surface area (TPSA) is 228 Å². The van der Waals surface area contributed by atoms with Crippen molar-refractivity contribution in [2.45, 2.75) is 351 Å². The molecule has 0 bridgehead atoms. The molecule has 2 heterocycles. The quantitative estimate of drug-likeness (QED) is 0.0204. The van der Waals surface area contributed by atoms with Gasteiger partial charge in [-0.25, -0.2) is 0 Å². The van der Waals surface area contributed by atoms with Crippen LogP contribution in [0.25, 0.3) is 0 Å². The maximum atomic E-state index is 13.4. The zero-order chi connectivity index (χ0) is 70.1. The Labute approximate surface area is 589 Å². The van der Waals surface area contributed by atoms with Crippen LogP contribution in [0.3, 0.4) is 0 Å². The van der Waals surface area contributed by atoms with Crippen molar-refractivity contribution >= 4 is 5.91 Å². The van der Waals surface area contributed by atoms with Gasteiger partial charge in [0.2, 0.25) is 5.91 Å². The third-order valence-electron chi connectivity index (χ3n) is 17.7. The molecule has 0 saturated carbocycles. The van der Waals surface area contributed by atoms with Crippen LogP contribution in [-0.2, 0) is 23.7 Å². The number of unbranched alkanes of at least 4 members (excludes halogenated alkanes) is 27. The first kappa shape index (κ1) is 89.0. The van der Waals surface area contributed by atoms with Gasteiger partial charge in [-0.3, -0.25) is 4.79 Å². The number of hydrogen-bond acceptors (Lipinski definition) is 13. The van der Waals surface area contributed by atoms with Crippen molar-refractivity contribution in [2.24, 2.45) is 0 Å². The lowest BCUT2D eigenvalue weighted by molar-refractivity contribution is -0.359. The lowest BCUT2D eigenvalue weighted by atomic mass is 9.97. The Morgan fingerprint density at radius 1 is 0.381 bits per heavy atom. The molecule has 0 aliphatic carbocycles. The summed E-state index contributed by atoms with van der Waals surface area (Å²) >= 11 is 0. The van der Waals surface area contributed by atoms with E-state index in [9.17, 15) is 45.6 Å². The molecule has 2 aliphatic heterocycles. The molecule has 14 heteroatoms. The molecule has 9 N–H and O–H groups in total. The summed E-state index contributed by atoms with van der Waals surface area (Å²) in [6, 6.07) is -0.954. The number of carbonyl (C=O) groups excluding carboxylic acids is 1. The van der Waals surface area contributed by atoms with E-state index in [1.54, 1.807) is 6.08 Å². The number of amides is 1. The van der Waals surface area contributed by atoms with Gasteiger partial charge < -0.3 is 65.1 Å². The number of aliphatic hydroxyl groups is 8. The molecule has 2 fully saturated rings. The Balaban J connectivity index is 1.67. The van der Waals surface area contributed by atoms with Crippen molar-refractivity contribution in [2.75, 3.05) is 19.8 Å². The second kappa shape index (κ2) is 65.2. The van der Waals surface area contributed by atoms with Crippen LogP contribution in [0.5, 0.6) is 0 Å². The number of carbonyl (C=O) groups is 1. The molecule has 12 atom stereocenters. The minimum Gasteiger partial charge on any atom is -0.394 e. The second-order valence-electron chi connectivity index (χ2n) is 26.4. The van der Waals surface area contributed by atoms with Gasteiger partial charge in [0.05, 0.1) is 32.0 Å². The predicted molar refractivity (Wildman–Crippen MR) is 401 cm³/mol. The van der Waals surface area contributed by atoms with Crippen molar-refractivity contribution in [3.05, 3.63) is 146 Å². The van der Waals surface area contributed by atoms with E-state index < -0.39 is 86.8 Å². The number of aliphatic hydroxyl groups excluding tert-OH is 8. The molecule has 97 heavy (non-hydrogen) atoms. The van der Waals surface area contributed by atoms with Crippen molar-refractivity contribution in [3.63, 3.8) is 0 Å². The molecule has 14 nitrogen and oxygen atoms in total. The lowest BCUT2D eigenvalue weighted by Crippen LogP contribution is -2.65. The third kappa shape index (κ3) is 48.4. The van der Waals surface area contributed by atoms with E-state index in [-0.39, 0.29) is 18.9 Å². The van der Waals surface area contributed by atoms with Gasteiger partial charge in [0.15, 0.2) is 12.6 Å². The van der Waals surface area contributed by atoms with Gasteiger partial charge in [-0.2, -0.15) is 0 Å². The third-order valence-corrected chi connectivity index (χ3v) is 17.7. The van der Waals surface area contributed by atoms with Crippen LogP contribution in [0, 0.1) is 0 Å². The highest BCUT2D eigenvalue weighted by Gasteiger charge is 2.51. The average Bonchev–Trinajstić information content (AvgIpc) is 0.794. The highest BCUT2D eigenvalue weighted by Crippen LogP contribution is 2.30. The van der Waals surface area contributed by atoms with E-state index in [1.165, 1.54) is 128 Å². The van der Waals surface area contributed by atoms with Crippen LogP contribution >= 0.6 is 0 Å². The molecule has 1 amide bonds. The maximum absolute atomic E-state index is 13.4. The minimum atomic E-state index is -1.80. The van der Waals surface area contributed by atoms with Gasteiger partial charge in [-0.15, -0.1) is 0 Å². The van der Waals surface area contributed by atoms with E-state index in [2.05, 4.69) is 153 Å². The van der Waals surface area contributed by atoms with Crippen molar-refractivity contribution in [1.29, 1.82) is 0 Å². The molecule has 0 aromatic carbocycles. The molecule has 2 rings (SSSR count). The average molecular weight is 1360 g/mol. The first-order valence-corrected chi connectivity index (χ1v) is 38.6. The van der Waals surface area contributed by atoms with Crippen LogP contribution in [0.15, 0.2) is 146 Å². The summed E-state index contributed by atoms with van der Waals surface area (Å²) in [7, 11) is 0. The highest BCUT2D eigenvalue weighted by molar-refractivity contribution is 5.76. The Morgan fingerprint density at radius 2 is 0.722 bits per heavy atom. The van der Waals surface area contributed by atoms with E-state index in [0.717, 1.165) is 116 Å². The summed E-state index contributed by atoms with van der Waals surface area (Å²) in [5.41, 5.74) is 0. The van der Waals surface area contributed by atoms with Crippen molar-refractivity contribution < 1.29 is 64.6 Å². The molecule has 0 radical (unpaired) electrons. The van der Waals surface area contributed by atoms with Gasteiger partial charge in [-0.1, -0.05) is 301 Å². The number of nitrogens with one attached hydrogen (secondary N) is 1. The van der Waals surface area contributed by atoms with Gasteiger partial charge >= 0.3 is 0 Å². The number of rotatable bonds is 62. The molecule has 0 aromatic heterocycles. The van der Waals surface area contributed by atoms with Gasteiger partial charge in [0.25, 0.3) is 0 Å². The summed E-state index contributed by atoms with van der Waals surface area (Å²) in [4.78, 5) is 13.4. The number of ether oxygens (including phenoxy) is 4. The zero-order valence-corrected chi connectivity index (χ0v) is 60.5. The normalized spacial score (nSPS) is 23.0. The fourth-order valence-electron chi connectivity index (χ4n) is 11.7. The first-order valence-electron chi connectivity index (χ1n) is 38.6. The second-order valence-corrected chi connectivity index (χ2v) is 26.4. The van der Waals surface area contributed by atoms with E-state index in [0.29, 0.717) is 12.8 Å². The van der Waals surface area contributed by atoms with E-state index >= 15 is 0 Å². The molecule has 2 aliphatic rings. The van der Waals surface area contributed by atoms with E-state index in [4.69, 9.17) is 18.9 Å². The Hall–Kier alpha value is -4.13. The Morgan fingerprint density at radius 3 is 1.13 bits per heavy atom.